The minimum atomic E-state index is -0.353. The minimum absolute atomic E-state index is 0.353. The third kappa shape index (κ3) is 2.28. The molecule has 1 aromatic rings. The zero-order valence-corrected chi connectivity index (χ0v) is 11.3. The molecule has 0 aromatic carbocycles. The first-order chi connectivity index (χ1) is 8.76. The smallest absolute Gasteiger partial charge is 0.356 e. The van der Waals surface area contributed by atoms with Crippen LogP contribution in [0, 0.1) is 17.8 Å². The zero-order chi connectivity index (χ0) is 12.5. The van der Waals surface area contributed by atoms with Crippen LogP contribution >= 0.6 is 11.8 Å². The summed E-state index contributed by atoms with van der Waals surface area (Å²) in [6.07, 6.45) is 7.24. The number of nitrogens with one attached hydrogen (secondary N) is 1. The number of thioether (sulfide) groups is 1. The van der Waals surface area contributed by atoms with Crippen LogP contribution < -0.4 is 0 Å². The third-order valence-corrected chi connectivity index (χ3v) is 5.35. The molecule has 0 spiro atoms. The number of esters is 1. The molecule has 2 aliphatic carbocycles. The van der Waals surface area contributed by atoms with Crippen molar-refractivity contribution in [3.63, 3.8) is 0 Å². The molecular weight excluding hydrogens is 248 g/mol. The van der Waals surface area contributed by atoms with Crippen LogP contribution in [0.2, 0.25) is 0 Å². The second-order valence-electron chi connectivity index (χ2n) is 5.34. The number of nitrogens with zero attached hydrogens (tertiary/aromatic N) is 1. The van der Waals surface area contributed by atoms with Crippen LogP contribution in [0.3, 0.4) is 0 Å². The van der Waals surface area contributed by atoms with Gasteiger partial charge in [-0.2, -0.15) is 0 Å². The summed E-state index contributed by atoms with van der Waals surface area (Å²) >= 11 is 1.73. The maximum Gasteiger partial charge on any atom is 0.356 e. The Hall–Kier alpha value is -0.970. The molecule has 0 unspecified atom stereocenters. The van der Waals surface area contributed by atoms with E-state index in [1.165, 1.54) is 32.8 Å². The summed E-state index contributed by atoms with van der Waals surface area (Å²) in [6, 6.07) is 0. The first-order valence-electron chi connectivity index (χ1n) is 6.52. The van der Waals surface area contributed by atoms with E-state index in [2.05, 4.69) is 14.7 Å². The Morgan fingerprint density at radius 3 is 3.11 bits per heavy atom. The van der Waals surface area contributed by atoms with Gasteiger partial charge in [0.15, 0.2) is 5.16 Å². The van der Waals surface area contributed by atoms with Gasteiger partial charge in [-0.1, -0.05) is 18.2 Å². The fourth-order valence-corrected chi connectivity index (χ4v) is 4.45. The van der Waals surface area contributed by atoms with Gasteiger partial charge in [0.2, 0.25) is 0 Å². The lowest BCUT2D eigenvalue weighted by Gasteiger charge is -2.20. The van der Waals surface area contributed by atoms with Crippen molar-refractivity contribution in [3.05, 3.63) is 11.9 Å². The van der Waals surface area contributed by atoms with Crippen molar-refractivity contribution in [2.24, 2.45) is 17.8 Å². The fraction of sp³-hybridized carbons (Fsp3) is 0.692. The van der Waals surface area contributed by atoms with E-state index in [0.29, 0.717) is 5.69 Å². The zero-order valence-electron chi connectivity index (χ0n) is 10.5. The van der Waals surface area contributed by atoms with E-state index in [4.69, 9.17) is 0 Å². The number of hydrogen-bond acceptors (Lipinski definition) is 4. The molecule has 5 heteroatoms. The van der Waals surface area contributed by atoms with Gasteiger partial charge in [0.25, 0.3) is 0 Å². The van der Waals surface area contributed by atoms with Crippen LogP contribution in [0.15, 0.2) is 11.4 Å². The number of aromatic nitrogens is 2. The molecule has 0 amide bonds. The maximum atomic E-state index is 11.3. The molecule has 0 radical (unpaired) electrons. The second-order valence-corrected chi connectivity index (χ2v) is 6.35. The van der Waals surface area contributed by atoms with E-state index in [0.717, 1.165) is 28.7 Å². The molecule has 1 heterocycles. The van der Waals surface area contributed by atoms with Crippen LogP contribution in [-0.2, 0) is 4.74 Å². The van der Waals surface area contributed by atoms with E-state index < -0.39 is 0 Å². The summed E-state index contributed by atoms with van der Waals surface area (Å²) in [4.78, 5) is 18.5. The highest BCUT2D eigenvalue weighted by atomic mass is 32.2. The molecule has 18 heavy (non-hydrogen) atoms. The van der Waals surface area contributed by atoms with E-state index in [-0.39, 0.29) is 5.97 Å². The van der Waals surface area contributed by atoms with Crippen molar-refractivity contribution in [3.8, 4) is 0 Å². The first-order valence-corrected chi connectivity index (χ1v) is 7.51. The van der Waals surface area contributed by atoms with Crippen molar-refractivity contribution in [1.29, 1.82) is 0 Å². The van der Waals surface area contributed by atoms with Crippen molar-refractivity contribution in [2.45, 2.75) is 30.8 Å². The van der Waals surface area contributed by atoms with E-state index in [1.807, 2.05) is 0 Å². The summed E-state index contributed by atoms with van der Waals surface area (Å²) in [5.74, 6) is 3.55. The molecule has 2 saturated carbocycles. The lowest BCUT2D eigenvalue weighted by Crippen LogP contribution is -2.12. The Morgan fingerprint density at radius 1 is 1.56 bits per heavy atom. The Balaban J connectivity index is 1.54. The molecule has 4 nitrogen and oxygen atoms in total. The number of aromatic amines is 1. The highest BCUT2D eigenvalue weighted by Crippen LogP contribution is 2.49. The normalized spacial score (nSPS) is 29.7. The standard InChI is InChI=1S/C13H18N2O2S/c1-17-12(16)11-6-14-13(15-11)18-7-10-5-8-2-3-9(10)4-8/h6,8-10H,2-5,7H2,1H3,(H,14,15)/t8-,9-,10-/m0/s1. The molecular formula is C13H18N2O2S. The summed E-state index contributed by atoms with van der Waals surface area (Å²) in [5.41, 5.74) is 0.438. The monoisotopic (exact) mass is 266 g/mol. The number of methoxy groups -OCH3 is 1. The molecule has 0 saturated heterocycles. The van der Waals surface area contributed by atoms with Gasteiger partial charge in [-0.05, 0) is 37.0 Å². The molecule has 3 rings (SSSR count). The van der Waals surface area contributed by atoms with Gasteiger partial charge in [0.05, 0.1) is 13.3 Å². The second kappa shape index (κ2) is 4.96. The van der Waals surface area contributed by atoms with Crippen LogP contribution in [0.25, 0.3) is 0 Å². The number of carbonyl (C=O) groups excluding carboxylic acids is 1. The van der Waals surface area contributed by atoms with Gasteiger partial charge >= 0.3 is 5.97 Å². The lowest BCUT2D eigenvalue weighted by molar-refractivity contribution is 0.0594. The molecule has 3 atom stereocenters. The minimum Gasteiger partial charge on any atom is -0.464 e. The number of ether oxygens (including phenoxy) is 1. The summed E-state index contributed by atoms with van der Waals surface area (Å²) in [7, 11) is 1.38. The predicted molar refractivity (Wildman–Crippen MR) is 69.6 cm³/mol. The number of fused-ring (bicyclic) bond motifs is 2. The quantitative estimate of drug-likeness (QED) is 0.672. The topological polar surface area (TPSA) is 55.0 Å². The number of H-pyrrole nitrogens is 1. The van der Waals surface area contributed by atoms with Crippen LogP contribution in [-0.4, -0.2) is 28.8 Å². The molecule has 1 aromatic heterocycles. The van der Waals surface area contributed by atoms with Crippen LogP contribution in [0.5, 0.6) is 0 Å². The summed E-state index contributed by atoms with van der Waals surface area (Å²) < 4.78 is 4.65. The SMILES string of the molecule is COC(=O)c1cnc(SC[C@@H]2C[C@H]3CC[C@H]2C3)[nH]1. The molecule has 2 aliphatic rings. The lowest BCUT2D eigenvalue weighted by atomic mass is 9.90. The van der Waals surface area contributed by atoms with E-state index >= 15 is 0 Å². The first kappa shape index (κ1) is 12.1. The highest BCUT2D eigenvalue weighted by molar-refractivity contribution is 7.99. The maximum absolute atomic E-state index is 11.3. The van der Waals surface area contributed by atoms with Gasteiger partial charge in [0, 0.05) is 5.75 Å². The average Bonchev–Trinajstić information content (AvgIpc) is 3.10. The van der Waals surface area contributed by atoms with E-state index in [9.17, 15) is 4.79 Å². The third-order valence-electron chi connectivity index (χ3n) is 4.28. The average molecular weight is 266 g/mol. The van der Waals surface area contributed by atoms with Crippen molar-refractivity contribution in [1.82, 2.24) is 9.97 Å². The van der Waals surface area contributed by atoms with Gasteiger partial charge in [0.1, 0.15) is 5.69 Å². The van der Waals surface area contributed by atoms with Crippen molar-refractivity contribution < 1.29 is 9.53 Å². The molecule has 2 bridgehead atoms. The molecule has 98 valence electrons. The van der Waals surface area contributed by atoms with Gasteiger partial charge < -0.3 is 9.72 Å². The number of rotatable bonds is 4. The summed E-state index contributed by atoms with van der Waals surface area (Å²) in [6.45, 7) is 0. The van der Waals surface area contributed by atoms with E-state index in [1.54, 1.807) is 18.0 Å². The fourth-order valence-electron chi connectivity index (χ4n) is 3.36. The van der Waals surface area contributed by atoms with Crippen LogP contribution in [0.1, 0.15) is 36.2 Å². The number of carbonyl (C=O) groups is 1. The number of imidazole rings is 1. The Morgan fingerprint density at radius 2 is 2.44 bits per heavy atom. The summed E-state index contributed by atoms with van der Waals surface area (Å²) in [5, 5.41) is 0.832. The van der Waals surface area contributed by atoms with Crippen LogP contribution in [0.4, 0.5) is 0 Å². The van der Waals surface area contributed by atoms with Gasteiger partial charge in [-0.25, -0.2) is 9.78 Å². The van der Waals surface area contributed by atoms with Crippen molar-refractivity contribution in [2.75, 3.05) is 12.9 Å². The Bertz CT molecular complexity index is 446. The Labute approximate surface area is 111 Å². The molecule has 2 fully saturated rings. The van der Waals surface area contributed by atoms with Crippen molar-refractivity contribution >= 4 is 17.7 Å². The highest BCUT2D eigenvalue weighted by Gasteiger charge is 2.39. The van der Waals surface area contributed by atoms with Gasteiger partial charge in [-0.3, -0.25) is 0 Å². The van der Waals surface area contributed by atoms with Gasteiger partial charge in [-0.15, -0.1) is 0 Å². The Kier molecular flexibility index (Phi) is 3.33. The molecule has 0 aliphatic heterocycles. The largest absolute Gasteiger partial charge is 0.464 e. The predicted octanol–water partition coefficient (Wildman–Crippen LogP) is 2.72. The number of hydrogen-bond donors (Lipinski definition) is 1. The molecule has 1 N–H and O–H groups in total.